The highest BCUT2D eigenvalue weighted by molar-refractivity contribution is 7.47. The van der Waals surface area contributed by atoms with Crippen LogP contribution in [0.2, 0.25) is 0 Å². The summed E-state index contributed by atoms with van der Waals surface area (Å²) in [4.78, 5) is 72.5. The molecular weight excluding hydrogens is 1210 g/mol. The summed E-state index contributed by atoms with van der Waals surface area (Å²) < 4.78 is 68.3. The van der Waals surface area contributed by atoms with E-state index in [0.29, 0.717) is 25.7 Å². The van der Waals surface area contributed by atoms with Gasteiger partial charge in [0.05, 0.1) is 26.4 Å². The minimum Gasteiger partial charge on any atom is -0.462 e. The molecule has 0 aliphatic carbocycles. The number of unbranched alkanes of at least 4 members (excludes halogenated alkanes) is 44. The third-order valence-corrected chi connectivity index (χ3v) is 19.3. The number of phosphoric ester groups is 2. The maximum Gasteiger partial charge on any atom is 0.472 e. The number of aliphatic hydroxyl groups excluding tert-OH is 1. The van der Waals surface area contributed by atoms with Crippen molar-refractivity contribution in [2.75, 3.05) is 39.6 Å². The average Bonchev–Trinajstić information content (AvgIpc) is 1.88. The van der Waals surface area contributed by atoms with Crippen LogP contribution in [-0.2, 0) is 65.4 Å². The predicted molar refractivity (Wildman–Crippen MR) is 372 cm³/mol. The van der Waals surface area contributed by atoms with Crippen molar-refractivity contribution in [3.8, 4) is 0 Å². The molecule has 0 heterocycles. The first-order chi connectivity index (χ1) is 44.6. The molecule has 546 valence electrons. The van der Waals surface area contributed by atoms with Crippen LogP contribution >= 0.6 is 15.6 Å². The van der Waals surface area contributed by atoms with Gasteiger partial charge in [0.25, 0.3) is 0 Å². The lowest BCUT2D eigenvalue weighted by molar-refractivity contribution is -0.161. The lowest BCUT2D eigenvalue weighted by Crippen LogP contribution is -2.30. The van der Waals surface area contributed by atoms with E-state index in [1.165, 1.54) is 199 Å². The van der Waals surface area contributed by atoms with Crippen LogP contribution in [0.3, 0.4) is 0 Å². The van der Waals surface area contributed by atoms with Gasteiger partial charge in [0.1, 0.15) is 19.3 Å². The molecule has 0 aromatic rings. The van der Waals surface area contributed by atoms with Gasteiger partial charge in [-0.2, -0.15) is 0 Å². The summed E-state index contributed by atoms with van der Waals surface area (Å²) in [6.07, 6.45) is 54.4. The molecule has 3 unspecified atom stereocenters. The molecule has 0 saturated heterocycles. The van der Waals surface area contributed by atoms with Crippen molar-refractivity contribution in [2.24, 2.45) is 5.92 Å². The van der Waals surface area contributed by atoms with Crippen molar-refractivity contribution < 1.29 is 80.2 Å². The van der Waals surface area contributed by atoms with E-state index in [9.17, 15) is 43.2 Å². The Morgan fingerprint density at radius 2 is 0.522 bits per heavy atom. The van der Waals surface area contributed by atoms with Gasteiger partial charge in [0.15, 0.2) is 12.2 Å². The fourth-order valence-corrected chi connectivity index (χ4v) is 12.7. The average molecular weight is 1350 g/mol. The van der Waals surface area contributed by atoms with E-state index in [-0.39, 0.29) is 25.7 Å². The maximum absolute atomic E-state index is 13.0. The summed E-state index contributed by atoms with van der Waals surface area (Å²) in [5.74, 6) is -1.40. The topological polar surface area (TPSA) is 237 Å². The Kier molecular flexibility index (Phi) is 64.9. The molecule has 0 aromatic carbocycles. The lowest BCUT2D eigenvalue weighted by atomic mass is 10.00. The Morgan fingerprint density at radius 3 is 0.772 bits per heavy atom. The Hall–Kier alpha value is -1.94. The van der Waals surface area contributed by atoms with Gasteiger partial charge in [0.2, 0.25) is 0 Å². The highest BCUT2D eigenvalue weighted by atomic mass is 31.2. The molecule has 17 nitrogen and oxygen atoms in total. The molecule has 0 radical (unpaired) electrons. The molecule has 0 saturated carbocycles. The molecule has 6 atom stereocenters. The fourth-order valence-electron chi connectivity index (χ4n) is 11.1. The van der Waals surface area contributed by atoms with Gasteiger partial charge < -0.3 is 33.8 Å². The largest absolute Gasteiger partial charge is 0.472 e. The van der Waals surface area contributed by atoms with E-state index in [2.05, 4.69) is 34.6 Å². The van der Waals surface area contributed by atoms with E-state index in [1.807, 2.05) is 0 Å². The van der Waals surface area contributed by atoms with Crippen LogP contribution in [0, 0.1) is 5.92 Å². The maximum atomic E-state index is 13.0. The molecule has 0 aromatic heterocycles. The summed E-state index contributed by atoms with van der Waals surface area (Å²) in [6.45, 7) is 7.18. The second kappa shape index (κ2) is 66.3. The number of carbonyl (C=O) groups excluding carboxylic acids is 4. The van der Waals surface area contributed by atoms with Crippen LogP contribution in [-0.4, -0.2) is 96.7 Å². The van der Waals surface area contributed by atoms with Gasteiger partial charge >= 0.3 is 39.5 Å². The predicted octanol–water partition coefficient (Wildman–Crippen LogP) is 21.3. The van der Waals surface area contributed by atoms with Gasteiger partial charge in [-0.1, -0.05) is 330 Å². The quantitative estimate of drug-likeness (QED) is 0.0222. The Bertz CT molecular complexity index is 1770. The molecule has 0 spiro atoms. The van der Waals surface area contributed by atoms with Crippen LogP contribution in [0.5, 0.6) is 0 Å². The second-order valence-electron chi connectivity index (χ2n) is 26.6. The summed E-state index contributed by atoms with van der Waals surface area (Å²) >= 11 is 0. The lowest BCUT2D eigenvalue weighted by Gasteiger charge is -2.21. The number of hydrogen-bond acceptors (Lipinski definition) is 15. The van der Waals surface area contributed by atoms with Crippen LogP contribution < -0.4 is 0 Å². The molecule has 19 heteroatoms. The van der Waals surface area contributed by atoms with Gasteiger partial charge in [-0.05, 0) is 31.6 Å². The molecule has 92 heavy (non-hydrogen) atoms. The third-order valence-electron chi connectivity index (χ3n) is 17.4. The first-order valence-corrected chi connectivity index (χ1v) is 41.2. The molecule has 0 rings (SSSR count). The minimum atomic E-state index is -4.95. The van der Waals surface area contributed by atoms with Crippen LogP contribution in [0.15, 0.2) is 0 Å². The number of ether oxygens (including phenoxy) is 4. The van der Waals surface area contributed by atoms with Crippen LogP contribution in [0.1, 0.15) is 381 Å². The van der Waals surface area contributed by atoms with Crippen molar-refractivity contribution in [3.63, 3.8) is 0 Å². The molecular formula is C73H142O17P2. The number of rotatable bonds is 73. The van der Waals surface area contributed by atoms with E-state index >= 15 is 0 Å². The highest BCUT2D eigenvalue weighted by Crippen LogP contribution is 2.45. The number of carbonyl (C=O) groups is 4. The SMILES string of the molecule is CCCCCCCCCCCCCCCCCCCCCCCCC(=O)O[C@H](COC(=O)CCCCCCCCCCCCCC)COP(=O)(O)OC[C@@H](O)COP(=O)(O)OC[C@@H](COC(=O)CCCCCCCCCC)OC(=O)CCCCCCCCC(C)CC. The Balaban J connectivity index is 5.13. The van der Waals surface area contributed by atoms with E-state index < -0.39 is 97.5 Å². The first kappa shape index (κ1) is 90.1. The highest BCUT2D eigenvalue weighted by Gasteiger charge is 2.30. The smallest absolute Gasteiger partial charge is 0.462 e. The van der Waals surface area contributed by atoms with Gasteiger partial charge in [0, 0.05) is 25.7 Å². The monoisotopic (exact) mass is 1350 g/mol. The number of hydrogen-bond donors (Lipinski definition) is 3. The molecule has 3 N–H and O–H groups in total. The van der Waals surface area contributed by atoms with E-state index in [1.54, 1.807) is 0 Å². The zero-order valence-corrected chi connectivity index (χ0v) is 61.5. The molecule has 0 bridgehead atoms. The number of esters is 4. The summed E-state index contributed by atoms with van der Waals surface area (Å²) in [7, 11) is -9.90. The standard InChI is InChI=1S/C73H142O17P2/c1-6-10-13-16-19-22-24-26-27-28-29-30-31-32-33-34-35-37-39-42-48-53-58-72(77)89-68(62-84-71(76)57-52-47-41-38-36-25-23-20-17-14-11-7-2)64-87-91(79,80)85-60-67(74)61-86-92(81,82)88-65-69(63-83-70(75)56-51-46-40-21-18-15-12-8-3)90-73(78)59-54-49-44-43-45-50-55-66(5)9-4/h66-69,74H,6-65H2,1-5H3,(H,79,80)(H,81,82)/t66?,67-,68-,69-/m1/s1. The molecule has 0 amide bonds. The van der Waals surface area contributed by atoms with Crippen molar-refractivity contribution in [1.82, 2.24) is 0 Å². The zero-order chi connectivity index (χ0) is 67.7. The van der Waals surface area contributed by atoms with Crippen molar-refractivity contribution in [3.05, 3.63) is 0 Å². The number of phosphoric acid groups is 2. The van der Waals surface area contributed by atoms with Gasteiger partial charge in [-0.25, -0.2) is 9.13 Å². The number of aliphatic hydroxyl groups is 1. The van der Waals surface area contributed by atoms with Crippen molar-refractivity contribution in [1.29, 1.82) is 0 Å². The summed E-state index contributed by atoms with van der Waals surface area (Å²) in [5, 5.41) is 10.6. The van der Waals surface area contributed by atoms with Crippen LogP contribution in [0.4, 0.5) is 0 Å². The van der Waals surface area contributed by atoms with Gasteiger partial charge in [-0.15, -0.1) is 0 Å². The Morgan fingerprint density at radius 1 is 0.304 bits per heavy atom. The Labute approximate surface area is 562 Å². The van der Waals surface area contributed by atoms with Gasteiger partial charge in [-0.3, -0.25) is 37.3 Å². The van der Waals surface area contributed by atoms with E-state index in [0.717, 1.165) is 102 Å². The third kappa shape index (κ3) is 65.4. The normalized spacial score (nSPS) is 14.3. The van der Waals surface area contributed by atoms with Crippen molar-refractivity contribution in [2.45, 2.75) is 400 Å². The molecule has 0 fully saturated rings. The summed E-state index contributed by atoms with van der Waals surface area (Å²) in [5.41, 5.74) is 0. The second-order valence-corrected chi connectivity index (χ2v) is 29.5. The fraction of sp³-hybridized carbons (Fsp3) is 0.945. The van der Waals surface area contributed by atoms with Crippen LogP contribution in [0.25, 0.3) is 0 Å². The van der Waals surface area contributed by atoms with Crippen molar-refractivity contribution >= 4 is 39.5 Å². The van der Waals surface area contributed by atoms with E-state index in [4.69, 9.17) is 37.0 Å². The minimum absolute atomic E-state index is 0.103. The molecule has 0 aliphatic heterocycles. The zero-order valence-electron chi connectivity index (χ0n) is 59.7. The molecule has 0 aliphatic rings. The first-order valence-electron chi connectivity index (χ1n) is 38.2. The summed E-state index contributed by atoms with van der Waals surface area (Å²) in [6, 6.07) is 0.